The van der Waals surface area contributed by atoms with Crippen LogP contribution in [-0.4, -0.2) is 47.3 Å². The van der Waals surface area contributed by atoms with Gasteiger partial charge >= 0.3 is 5.97 Å². The summed E-state index contributed by atoms with van der Waals surface area (Å²) in [6.07, 6.45) is 2.38. The summed E-state index contributed by atoms with van der Waals surface area (Å²) in [5.41, 5.74) is 1.56. The fourth-order valence-electron chi connectivity index (χ4n) is 2.80. The number of benzene rings is 1. The molecule has 0 N–H and O–H groups in total. The number of fused-ring (bicyclic) bond motifs is 1. The van der Waals surface area contributed by atoms with Crippen LogP contribution in [0.15, 0.2) is 47.5 Å². The van der Waals surface area contributed by atoms with Gasteiger partial charge in [-0.15, -0.1) is 0 Å². The predicted octanol–water partition coefficient (Wildman–Crippen LogP) is 2.45. The number of esters is 1. The zero-order valence-corrected chi connectivity index (χ0v) is 16.8. The highest BCUT2D eigenvalue weighted by Crippen LogP contribution is 2.23. The number of hydrogen-bond donors (Lipinski definition) is 0. The molecule has 148 valence electrons. The minimum absolute atomic E-state index is 0.0279. The zero-order valence-electron chi connectivity index (χ0n) is 16.0. The molecule has 0 unspecified atom stereocenters. The van der Waals surface area contributed by atoms with Crippen molar-refractivity contribution < 1.29 is 17.9 Å². The fourth-order valence-corrected chi connectivity index (χ4v) is 3.72. The fraction of sp³-hybridized carbons (Fsp3) is 0.316. The van der Waals surface area contributed by atoms with E-state index in [4.69, 9.17) is 4.74 Å². The van der Waals surface area contributed by atoms with Crippen LogP contribution >= 0.6 is 0 Å². The number of carbonyl (C=O) groups excluding carboxylic acids is 1. The van der Waals surface area contributed by atoms with Gasteiger partial charge in [-0.05, 0) is 36.8 Å². The molecule has 9 heteroatoms. The minimum atomic E-state index is -3.56. The van der Waals surface area contributed by atoms with Gasteiger partial charge in [0.05, 0.1) is 15.9 Å². The van der Waals surface area contributed by atoms with E-state index in [9.17, 15) is 13.2 Å². The molecule has 0 saturated carbocycles. The SMILES string of the molecule is CCCn1c(COC(=O)c2ccccn2)nc2cc(S(=O)(=O)N(C)C)ccc21. The first-order valence-electron chi connectivity index (χ1n) is 8.84. The van der Waals surface area contributed by atoms with Crippen molar-refractivity contribution in [3.8, 4) is 0 Å². The van der Waals surface area contributed by atoms with Crippen molar-refractivity contribution in [3.05, 3.63) is 54.1 Å². The maximum Gasteiger partial charge on any atom is 0.357 e. The van der Waals surface area contributed by atoms with Gasteiger partial charge in [-0.1, -0.05) is 13.0 Å². The van der Waals surface area contributed by atoms with Crippen LogP contribution in [0.5, 0.6) is 0 Å². The van der Waals surface area contributed by atoms with Crippen LogP contribution in [0.25, 0.3) is 11.0 Å². The van der Waals surface area contributed by atoms with E-state index in [2.05, 4.69) is 9.97 Å². The van der Waals surface area contributed by atoms with Gasteiger partial charge in [0.1, 0.15) is 18.1 Å². The van der Waals surface area contributed by atoms with Gasteiger partial charge in [0.15, 0.2) is 0 Å². The Bertz CT molecular complexity index is 1090. The Morgan fingerprint density at radius 3 is 2.64 bits per heavy atom. The monoisotopic (exact) mass is 402 g/mol. The van der Waals surface area contributed by atoms with Crippen molar-refractivity contribution in [1.29, 1.82) is 0 Å². The van der Waals surface area contributed by atoms with Crippen LogP contribution in [0.1, 0.15) is 29.7 Å². The van der Waals surface area contributed by atoms with Gasteiger partial charge in [-0.25, -0.2) is 27.5 Å². The van der Waals surface area contributed by atoms with Crippen molar-refractivity contribution in [1.82, 2.24) is 18.8 Å². The molecule has 2 aromatic heterocycles. The van der Waals surface area contributed by atoms with Crippen molar-refractivity contribution >= 4 is 27.0 Å². The summed E-state index contributed by atoms with van der Waals surface area (Å²) >= 11 is 0. The standard InChI is InChI=1S/C19H22N4O4S/c1-4-11-23-17-9-8-14(28(25,26)22(2)3)12-16(17)21-18(23)13-27-19(24)15-7-5-6-10-20-15/h5-10,12H,4,11,13H2,1-3H3. The Balaban J connectivity index is 1.93. The van der Waals surface area contributed by atoms with E-state index in [1.54, 1.807) is 36.4 Å². The molecule has 8 nitrogen and oxygen atoms in total. The second kappa shape index (κ2) is 8.07. The summed E-state index contributed by atoms with van der Waals surface area (Å²) in [5.74, 6) is 0.0205. The molecule has 0 saturated heterocycles. The zero-order chi connectivity index (χ0) is 20.3. The highest BCUT2D eigenvalue weighted by molar-refractivity contribution is 7.89. The van der Waals surface area contributed by atoms with Crippen molar-refractivity contribution in [2.45, 2.75) is 31.4 Å². The third kappa shape index (κ3) is 3.90. The van der Waals surface area contributed by atoms with Gasteiger partial charge in [-0.2, -0.15) is 0 Å². The predicted molar refractivity (Wildman–Crippen MR) is 104 cm³/mol. The number of sulfonamides is 1. The summed E-state index contributed by atoms with van der Waals surface area (Å²) in [4.78, 5) is 20.8. The molecule has 0 spiro atoms. The van der Waals surface area contributed by atoms with Gasteiger partial charge in [0.2, 0.25) is 10.0 Å². The lowest BCUT2D eigenvalue weighted by Gasteiger charge is -2.11. The average molecular weight is 402 g/mol. The molecule has 0 bridgehead atoms. The van der Waals surface area contributed by atoms with Crippen LogP contribution < -0.4 is 0 Å². The molecular formula is C19H22N4O4S. The van der Waals surface area contributed by atoms with Gasteiger partial charge in [-0.3, -0.25) is 0 Å². The van der Waals surface area contributed by atoms with Crippen LogP contribution in [0.2, 0.25) is 0 Å². The first-order chi connectivity index (χ1) is 13.3. The van der Waals surface area contributed by atoms with E-state index >= 15 is 0 Å². The normalized spacial score (nSPS) is 11.9. The summed E-state index contributed by atoms with van der Waals surface area (Å²) in [5, 5.41) is 0. The Morgan fingerprint density at radius 2 is 2.00 bits per heavy atom. The molecule has 0 aliphatic carbocycles. The maximum atomic E-state index is 12.4. The number of carbonyl (C=O) groups is 1. The first-order valence-corrected chi connectivity index (χ1v) is 10.3. The lowest BCUT2D eigenvalue weighted by molar-refractivity contribution is 0.0451. The molecule has 3 rings (SSSR count). The number of aromatic nitrogens is 3. The first kappa shape index (κ1) is 20.0. The van der Waals surface area contributed by atoms with E-state index in [0.29, 0.717) is 17.9 Å². The van der Waals surface area contributed by atoms with Crippen LogP contribution in [0, 0.1) is 0 Å². The molecule has 0 aliphatic heterocycles. The Hall–Kier alpha value is -2.78. The second-order valence-corrected chi connectivity index (χ2v) is 8.56. The van der Waals surface area contributed by atoms with Crippen molar-refractivity contribution in [2.75, 3.05) is 14.1 Å². The number of hydrogen-bond acceptors (Lipinski definition) is 6. The molecule has 0 radical (unpaired) electrons. The van der Waals surface area contributed by atoms with E-state index in [1.165, 1.54) is 20.3 Å². The number of rotatable bonds is 7. The number of nitrogens with zero attached hydrogens (tertiary/aromatic N) is 4. The lowest BCUT2D eigenvalue weighted by atomic mass is 10.3. The minimum Gasteiger partial charge on any atom is -0.453 e. The van der Waals surface area contributed by atoms with E-state index in [1.807, 2.05) is 11.5 Å². The van der Waals surface area contributed by atoms with E-state index < -0.39 is 16.0 Å². The smallest absolute Gasteiger partial charge is 0.357 e. The average Bonchev–Trinajstić information content (AvgIpc) is 3.03. The second-order valence-electron chi connectivity index (χ2n) is 6.41. The van der Waals surface area contributed by atoms with Crippen molar-refractivity contribution in [3.63, 3.8) is 0 Å². The molecule has 28 heavy (non-hydrogen) atoms. The quantitative estimate of drug-likeness (QED) is 0.564. The van der Waals surface area contributed by atoms with Crippen LogP contribution in [0.3, 0.4) is 0 Å². The number of imidazole rings is 1. The Labute approximate surface area is 163 Å². The van der Waals surface area contributed by atoms with Gasteiger partial charge < -0.3 is 9.30 Å². The summed E-state index contributed by atoms with van der Waals surface area (Å²) < 4.78 is 33.2. The summed E-state index contributed by atoms with van der Waals surface area (Å²) in [6.45, 7) is 2.67. The number of ether oxygens (including phenoxy) is 1. The molecule has 1 aromatic carbocycles. The van der Waals surface area contributed by atoms with E-state index in [0.717, 1.165) is 16.2 Å². The summed E-state index contributed by atoms with van der Waals surface area (Å²) in [7, 11) is -0.588. The van der Waals surface area contributed by atoms with Gasteiger partial charge in [0, 0.05) is 26.8 Å². The third-order valence-corrected chi connectivity index (χ3v) is 6.04. The molecule has 0 amide bonds. The Kier molecular flexibility index (Phi) is 5.76. The van der Waals surface area contributed by atoms with Gasteiger partial charge in [0.25, 0.3) is 0 Å². The lowest BCUT2D eigenvalue weighted by Crippen LogP contribution is -2.22. The molecular weight excluding hydrogens is 380 g/mol. The number of pyridine rings is 1. The molecule has 3 aromatic rings. The largest absolute Gasteiger partial charge is 0.453 e. The highest BCUT2D eigenvalue weighted by atomic mass is 32.2. The van der Waals surface area contributed by atoms with Crippen LogP contribution in [-0.2, 0) is 27.9 Å². The molecule has 0 atom stereocenters. The molecule has 2 heterocycles. The highest BCUT2D eigenvalue weighted by Gasteiger charge is 2.20. The molecule has 0 aliphatic rings. The summed E-state index contributed by atoms with van der Waals surface area (Å²) in [6, 6.07) is 9.85. The Morgan fingerprint density at radius 1 is 1.21 bits per heavy atom. The third-order valence-electron chi connectivity index (χ3n) is 4.23. The maximum absolute atomic E-state index is 12.4. The van der Waals surface area contributed by atoms with E-state index in [-0.39, 0.29) is 17.2 Å². The van der Waals surface area contributed by atoms with Crippen molar-refractivity contribution in [2.24, 2.45) is 0 Å². The van der Waals surface area contributed by atoms with Crippen LogP contribution in [0.4, 0.5) is 0 Å². The molecule has 0 fully saturated rings. The number of aryl methyl sites for hydroxylation is 1. The topological polar surface area (TPSA) is 94.4 Å².